The number of aromatic nitrogens is 1. The highest BCUT2D eigenvalue weighted by molar-refractivity contribution is 5.98. The normalized spacial score (nSPS) is 12.1. The Morgan fingerprint density at radius 3 is 2.34 bits per heavy atom. The number of carbonyl (C=O) groups is 1. The minimum atomic E-state index is -1.07. The molecule has 1 aromatic heterocycles. The molecule has 1 amide bonds. The van der Waals surface area contributed by atoms with E-state index in [1.54, 1.807) is 13.8 Å². The molecule has 1 heterocycles. The van der Waals surface area contributed by atoms with Gasteiger partial charge in [-0.15, -0.1) is 0 Å². The van der Waals surface area contributed by atoms with E-state index in [1.165, 1.54) is 11.1 Å². The van der Waals surface area contributed by atoms with Crippen molar-refractivity contribution in [1.29, 1.82) is 0 Å². The van der Waals surface area contributed by atoms with Crippen molar-refractivity contribution in [2.24, 2.45) is 0 Å². The van der Waals surface area contributed by atoms with Crippen molar-refractivity contribution in [2.45, 2.75) is 65.9 Å². The van der Waals surface area contributed by atoms with Gasteiger partial charge in [0.2, 0.25) is 5.89 Å². The summed E-state index contributed by atoms with van der Waals surface area (Å²) in [6.45, 7) is 14.1. The molecule has 0 saturated heterocycles. The molecule has 3 aromatic carbocycles. The molecule has 182 valence electrons. The lowest BCUT2D eigenvalue weighted by Gasteiger charge is -2.26. The second-order valence-electron chi connectivity index (χ2n) is 10.5. The van der Waals surface area contributed by atoms with Crippen molar-refractivity contribution in [3.05, 3.63) is 77.4 Å². The van der Waals surface area contributed by atoms with Gasteiger partial charge < -0.3 is 14.5 Å². The summed E-state index contributed by atoms with van der Waals surface area (Å²) in [5.74, 6) is 0.947. The summed E-state index contributed by atoms with van der Waals surface area (Å²) in [5.41, 5.74) is 5.43. The lowest BCUT2D eigenvalue weighted by atomic mass is 9.87. The number of benzene rings is 3. The van der Waals surface area contributed by atoms with Gasteiger partial charge in [-0.2, -0.15) is 0 Å². The molecule has 4 rings (SSSR count). The quantitative estimate of drug-likeness (QED) is 0.318. The van der Waals surface area contributed by atoms with Gasteiger partial charge in [0.15, 0.2) is 11.2 Å². The molecule has 0 atom stereocenters. The molecule has 0 aliphatic heterocycles. The van der Waals surface area contributed by atoms with Crippen molar-refractivity contribution in [3.8, 4) is 17.2 Å². The molecule has 0 radical (unpaired) electrons. The van der Waals surface area contributed by atoms with Crippen LogP contribution in [0.15, 0.2) is 65.1 Å². The van der Waals surface area contributed by atoms with Crippen molar-refractivity contribution < 1.29 is 13.9 Å². The van der Waals surface area contributed by atoms with Crippen LogP contribution in [0.1, 0.15) is 58.2 Å². The van der Waals surface area contributed by atoms with Crippen LogP contribution in [0.5, 0.6) is 5.75 Å². The van der Waals surface area contributed by atoms with E-state index in [1.807, 2.05) is 61.5 Å². The third kappa shape index (κ3) is 5.40. The number of nitrogens with one attached hydrogen (secondary N) is 1. The van der Waals surface area contributed by atoms with Crippen LogP contribution in [0.2, 0.25) is 0 Å². The Morgan fingerprint density at radius 1 is 0.971 bits per heavy atom. The zero-order chi connectivity index (χ0) is 25.4. The molecule has 0 aliphatic carbocycles. The highest BCUT2D eigenvalue weighted by Gasteiger charge is 2.30. The zero-order valence-corrected chi connectivity index (χ0v) is 21.7. The fourth-order valence-corrected chi connectivity index (χ4v) is 3.84. The summed E-state index contributed by atoms with van der Waals surface area (Å²) in [7, 11) is 0. The van der Waals surface area contributed by atoms with Crippen LogP contribution in [0.3, 0.4) is 0 Å². The molecular formula is C30H34N2O3. The molecule has 0 unspecified atom stereocenters. The summed E-state index contributed by atoms with van der Waals surface area (Å²) in [6.07, 6.45) is 0.942. The SMILES string of the molecule is CCc1ccc2oc(-c3ccc(C)c(NC(=O)C(C)(C)Oc4ccc(C(C)(C)C)cc4)c3)nc2c1. The predicted octanol–water partition coefficient (Wildman–Crippen LogP) is 7.46. The van der Waals surface area contributed by atoms with Gasteiger partial charge in [-0.3, -0.25) is 4.79 Å². The summed E-state index contributed by atoms with van der Waals surface area (Å²) in [5, 5.41) is 3.04. The number of oxazole rings is 1. The van der Waals surface area contributed by atoms with Crippen LogP contribution in [0.25, 0.3) is 22.6 Å². The van der Waals surface area contributed by atoms with Crippen molar-refractivity contribution in [1.82, 2.24) is 4.98 Å². The Hall–Kier alpha value is -3.60. The number of ether oxygens (including phenoxy) is 1. The maximum Gasteiger partial charge on any atom is 0.267 e. The molecule has 0 fully saturated rings. The fraction of sp³-hybridized carbons (Fsp3) is 0.333. The maximum atomic E-state index is 13.2. The number of amides is 1. The van der Waals surface area contributed by atoms with Crippen LogP contribution in [0, 0.1) is 6.92 Å². The van der Waals surface area contributed by atoms with E-state index in [2.05, 4.69) is 44.1 Å². The summed E-state index contributed by atoms with van der Waals surface area (Å²) in [6, 6.07) is 19.8. The monoisotopic (exact) mass is 470 g/mol. The number of anilines is 1. The third-order valence-electron chi connectivity index (χ3n) is 6.23. The minimum Gasteiger partial charge on any atom is -0.478 e. The standard InChI is InChI=1S/C30H34N2O3/c1-8-20-10-16-26-25(17-20)31-27(34-26)21-11-9-19(2)24(18-21)32-28(33)30(6,7)35-23-14-12-22(13-15-23)29(3,4)5/h9-18H,8H2,1-7H3,(H,32,33). The van der Waals surface area contributed by atoms with E-state index in [4.69, 9.17) is 9.15 Å². The number of fused-ring (bicyclic) bond motifs is 1. The average molecular weight is 471 g/mol. The summed E-state index contributed by atoms with van der Waals surface area (Å²) in [4.78, 5) is 17.9. The molecular weight excluding hydrogens is 436 g/mol. The minimum absolute atomic E-state index is 0.0565. The number of aryl methyl sites for hydroxylation is 2. The second-order valence-corrected chi connectivity index (χ2v) is 10.5. The lowest BCUT2D eigenvalue weighted by molar-refractivity contribution is -0.128. The molecule has 4 aromatic rings. The first-order chi connectivity index (χ1) is 16.5. The van der Waals surface area contributed by atoms with Gasteiger partial charge in [-0.25, -0.2) is 4.98 Å². The van der Waals surface area contributed by atoms with Crippen molar-refractivity contribution >= 4 is 22.7 Å². The van der Waals surface area contributed by atoms with Crippen LogP contribution in [0.4, 0.5) is 5.69 Å². The Morgan fingerprint density at radius 2 is 1.69 bits per heavy atom. The van der Waals surface area contributed by atoms with Crippen molar-refractivity contribution in [3.63, 3.8) is 0 Å². The first kappa shape index (κ1) is 24.5. The van der Waals surface area contributed by atoms with Gasteiger partial charge in [0.25, 0.3) is 5.91 Å². The van der Waals surface area contributed by atoms with Gasteiger partial charge in [0.1, 0.15) is 11.3 Å². The van der Waals surface area contributed by atoms with Crippen LogP contribution >= 0.6 is 0 Å². The predicted molar refractivity (Wildman–Crippen MR) is 142 cm³/mol. The number of rotatable bonds is 6. The highest BCUT2D eigenvalue weighted by atomic mass is 16.5. The molecule has 5 nitrogen and oxygen atoms in total. The largest absolute Gasteiger partial charge is 0.478 e. The molecule has 5 heteroatoms. The van der Waals surface area contributed by atoms with E-state index in [0.29, 0.717) is 17.3 Å². The number of nitrogens with zero attached hydrogens (tertiary/aromatic N) is 1. The number of hydrogen-bond acceptors (Lipinski definition) is 4. The lowest BCUT2D eigenvalue weighted by Crippen LogP contribution is -2.42. The summed E-state index contributed by atoms with van der Waals surface area (Å²) >= 11 is 0. The molecule has 0 aliphatic rings. The topological polar surface area (TPSA) is 64.4 Å². The number of carbonyl (C=O) groups excluding carboxylic acids is 1. The molecule has 0 spiro atoms. The van der Waals surface area contributed by atoms with Gasteiger partial charge >= 0.3 is 0 Å². The van der Waals surface area contributed by atoms with Crippen LogP contribution in [-0.2, 0) is 16.6 Å². The van der Waals surface area contributed by atoms with E-state index in [9.17, 15) is 4.79 Å². The van der Waals surface area contributed by atoms with Crippen molar-refractivity contribution in [2.75, 3.05) is 5.32 Å². The number of hydrogen-bond donors (Lipinski definition) is 1. The van der Waals surface area contributed by atoms with E-state index in [0.717, 1.165) is 28.6 Å². The van der Waals surface area contributed by atoms with Crippen LogP contribution in [-0.4, -0.2) is 16.5 Å². The van der Waals surface area contributed by atoms with Gasteiger partial charge in [0, 0.05) is 11.3 Å². The molecule has 1 N–H and O–H groups in total. The molecule has 35 heavy (non-hydrogen) atoms. The zero-order valence-electron chi connectivity index (χ0n) is 21.7. The van der Waals surface area contributed by atoms with Crippen LogP contribution < -0.4 is 10.1 Å². The summed E-state index contributed by atoms with van der Waals surface area (Å²) < 4.78 is 12.1. The van der Waals surface area contributed by atoms with Gasteiger partial charge in [0.05, 0.1) is 0 Å². The fourth-order valence-electron chi connectivity index (χ4n) is 3.84. The molecule has 0 saturated carbocycles. The highest BCUT2D eigenvalue weighted by Crippen LogP contribution is 2.30. The van der Waals surface area contributed by atoms with E-state index >= 15 is 0 Å². The first-order valence-electron chi connectivity index (χ1n) is 12.1. The first-order valence-corrected chi connectivity index (χ1v) is 12.1. The van der Waals surface area contributed by atoms with E-state index in [-0.39, 0.29) is 11.3 Å². The van der Waals surface area contributed by atoms with Gasteiger partial charge in [-0.05, 0) is 85.7 Å². The molecule has 0 bridgehead atoms. The third-order valence-corrected chi connectivity index (χ3v) is 6.23. The van der Waals surface area contributed by atoms with Gasteiger partial charge in [-0.1, -0.05) is 52.0 Å². The Labute approximate surface area is 207 Å². The smallest absolute Gasteiger partial charge is 0.267 e. The average Bonchev–Trinajstić information content (AvgIpc) is 3.23. The second kappa shape index (κ2) is 9.21. The van der Waals surface area contributed by atoms with E-state index < -0.39 is 5.60 Å². The Kier molecular flexibility index (Phi) is 6.46. The maximum absolute atomic E-state index is 13.2. The Balaban J connectivity index is 1.53. The Bertz CT molecular complexity index is 1360.